The van der Waals surface area contributed by atoms with Crippen LogP contribution in [0.1, 0.15) is 54.0 Å². The van der Waals surface area contributed by atoms with Crippen molar-refractivity contribution in [1.29, 1.82) is 0 Å². The first-order chi connectivity index (χ1) is 14.6. The minimum absolute atomic E-state index is 0.0618. The number of nitrogens with zero attached hydrogens (tertiary/aromatic N) is 3. The number of carbonyl (C=O) groups excluding carboxylic acids is 1. The molecule has 30 heavy (non-hydrogen) atoms. The van der Waals surface area contributed by atoms with Crippen molar-refractivity contribution in [3.8, 4) is 11.5 Å². The molecule has 0 spiro atoms. The van der Waals surface area contributed by atoms with E-state index in [1.807, 2.05) is 19.9 Å². The average molecular weight is 413 g/mol. The summed E-state index contributed by atoms with van der Waals surface area (Å²) in [5, 5.41) is 7.66. The van der Waals surface area contributed by atoms with Crippen LogP contribution in [-0.4, -0.2) is 47.4 Å². The van der Waals surface area contributed by atoms with Gasteiger partial charge in [0.1, 0.15) is 0 Å². The Bertz CT molecular complexity index is 904. The molecule has 1 aliphatic heterocycles. The summed E-state index contributed by atoms with van der Waals surface area (Å²) >= 11 is 0. The van der Waals surface area contributed by atoms with Gasteiger partial charge in [-0.25, -0.2) is 0 Å². The second kappa shape index (κ2) is 9.08. The maximum Gasteiger partial charge on any atom is 0.272 e. The van der Waals surface area contributed by atoms with Crippen LogP contribution < -0.4 is 14.8 Å². The van der Waals surface area contributed by atoms with Crippen LogP contribution in [-0.2, 0) is 26.1 Å². The second-order valence-electron chi connectivity index (χ2n) is 8.14. The molecule has 1 amide bonds. The van der Waals surface area contributed by atoms with Gasteiger partial charge in [-0.1, -0.05) is 6.07 Å². The number of fused-ring (bicyclic) bond motifs is 1. The summed E-state index contributed by atoms with van der Waals surface area (Å²) in [4.78, 5) is 15.0. The fourth-order valence-electron chi connectivity index (χ4n) is 4.15. The minimum Gasteiger partial charge on any atom is -0.493 e. The molecule has 1 N–H and O–H groups in total. The van der Waals surface area contributed by atoms with Crippen LogP contribution in [0.15, 0.2) is 18.2 Å². The number of nitrogens with one attached hydrogen (secondary N) is 1. The Morgan fingerprint density at radius 2 is 2.10 bits per heavy atom. The molecule has 0 radical (unpaired) electrons. The zero-order valence-corrected chi connectivity index (χ0v) is 18.2. The fourth-order valence-corrected chi connectivity index (χ4v) is 4.15. The monoisotopic (exact) mass is 412 g/mol. The standard InChI is InChI=1S/C23H32N4O3/c1-4-24-23(28)22-18-15-26(11-10-19(18)27(25-22)14-16-6-7-16)13-17-8-9-20(29-3)21(12-17)30-5-2/h8-9,12,16H,4-7,10-11,13-15H2,1-3H3,(H,24,28). The quantitative estimate of drug-likeness (QED) is 0.686. The molecule has 1 aliphatic carbocycles. The van der Waals surface area contributed by atoms with Gasteiger partial charge in [0.2, 0.25) is 0 Å². The third-order valence-electron chi connectivity index (χ3n) is 5.83. The van der Waals surface area contributed by atoms with Crippen molar-refractivity contribution in [3.05, 3.63) is 40.7 Å². The molecule has 0 atom stereocenters. The summed E-state index contributed by atoms with van der Waals surface area (Å²) < 4.78 is 13.2. The van der Waals surface area contributed by atoms with Crippen LogP contribution in [0.4, 0.5) is 0 Å². The number of aromatic nitrogens is 2. The van der Waals surface area contributed by atoms with Crippen LogP contribution in [0.3, 0.4) is 0 Å². The predicted molar refractivity (Wildman–Crippen MR) is 115 cm³/mol. The van der Waals surface area contributed by atoms with E-state index < -0.39 is 0 Å². The maximum absolute atomic E-state index is 12.6. The molecular weight excluding hydrogens is 380 g/mol. The molecule has 2 aromatic rings. The Balaban J connectivity index is 1.54. The summed E-state index contributed by atoms with van der Waals surface area (Å²) in [7, 11) is 1.66. The SMILES string of the molecule is CCNC(=O)c1nn(CC2CC2)c2c1CN(Cc1ccc(OC)c(OCC)c1)CC2. The van der Waals surface area contributed by atoms with E-state index >= 15 is 0 Å². The fraction of sp³-hybridized carbons (Fsp3) is 0.565. The highest BCUT2D eigenvalue weighted by Crippen LogP contribution is 2.33. The van der Waals surface area contributed by atoms with Gasteiger partial charge < -0.3 is 14.8 Å². The third-order valence-corrected chi connectivity index (χ3v) is 5.83. The number of benzene rings is 1. The lowest BCUT2D eigenvalue weighted by molar-refractivity contribution is 0.0947. The first kappa shape index (κ1) is 20.7. The minimum atomic E-state index is -0.0618. The Labute approximate surface area is 178 Å². The lowest BCUT2D eigenvalue weighted by atomic mass is 10.0. The van der Waals surface area contributed by atoms with Gasteiger partial charge >= 0.3 is 0 Å². The van der Waals surface area contributed by atoms with Crippen LogP contribution in [0.5, 0.6) is 11.5 Å². The zero-order valence-electron chi connectivity index (χ0n) is 18.2. The van der Waals surface area contributed by atoms with Crippen molar-refractivity contribution in [1.82, 2.24) is 20.0 Å². The third kappa shape index (κ3) is 4.46. The van der Waals surface area contributed by atoms with Crippen LogP contribution >= 0.6 is 0 Å². The van der Waals surface area contributed by atoms with Crippen LogP contribution in [0, 0.1) is 5.92 Å². The van der Waals surface area contributed by atoms with Gasteiger partial charge in [0, 0.05) is 50.4 Å². The van der Waals surface area contributed by atoms with Gasteiger partial charge in [-0.2, -0.15) is 5.10 Å². The van der Waals surface area contributed by atoms with Crippen molar-refractivity contribution in [3.63, 3.8) is 0 Å². The molecule has 4 rings (SSSR count). The highest BCUT2D eigenvalue weighted by Gasteiger charge is 2.30. The molecule has 0 saturated heterocycles. The summed E-state index contributed by atoms with van der Waals surface area (Å²) in [6, 6.07) is 6.10. The van der Waals surface area contributed by atoms with Crippen molar-refractivity contribution < 1.29 is 14.3 Å². The lowest BCUT2D eigenvalue weighted by Gasteiger charge is -2.28. The van der Waals surface area contributed by atoms with Gasteiger partial charge in [0.25, 0.3) is 5.91 Å². The van der Waals surface area contributed by atoms with Gasteiger partial charge in [-0.05, 0) is 50.3 Å². The molecule has 162 valence electrons. The molecule has 0 unspecified atom stereocenters. The Morgan fingerprint density at radius 1 is 1.27 bits per heavy atom. The van der Waals surface area contributed by atoms with Crippen LogP contribution in [0.25, 0.3) is 0 Å². The van der Waals surface area contributed by atoms with Crippen molar-refractivity contribution in [2.24, 2.45) is 5.92 Å². The van der Waals surface area contributed by atoms with E-state index in [4.69, 9.17) is 14.6 Å². The van der Waals surface area contributed by atoms with Crippen LogP contribution in [0.2, 0.25) is 0 Å². The zero-order chi connectivity index (χ0) is 21.1. The second-order valence-corrected chi connectivity index (χ2v) is 8.14. The number of ether oxygens (including phenoxy) is 2. The Kier molecular flexibility index (Phi) is 6.27. The molecule has 2 aliphatic rings. The molecule has 7 nitrogen and oxygen atoms in total. The van der Waals surface area contributed by atoms with Crippen molar-refractivity contribution in [2.45, 2.75) is 52.7 Å². The van der Waals surface area contributed by atoms with E-state index in [1.165, 1.54) is 24.1 Å². The molecule has 1 saturated carbocycles. The van der Waals surface area contributed by atoms with E-state index in [9.17, 15) is 4.79 Å². The molecule has 1 fully saturated rings. The number of amides is 1. The van der Waals surface area contributed by atoms with Gasteiger partial charge in [0.05, 0.1) is 13.7 Å². The van der Waals surface area contributed by atoms with E-state index in [-0.39, 0.29) is 5.91 Å². The number of carbonyl (C=O) groups is 1. The summed E-state index contributed by atoms with van der Waals surface area (Å²) in [5.41, 5.74) is 4.10. The maximum atomic E-state index is 12.6. The number of hydrogen-bond acceptors (Lipinski definition) is 5. The highest BCUT2D eigenvalue weighted by molar-refractivity contribution is 5.94. The average Bonchev–Trinajstić information content (AvgIpc) is 3.49. The first-order valence-corrected chi connectivity index (χ1v) is 11.0. The number of methoxy groups -OCH3 is 1. The summed E-state index contributed by atoms with van der Waals surface area (Å²) in [5.74, 6) is 2.19. The smallest absolute Gasteiger partial charge is 0.272 e. The number of hydrogen-bond donors (Lipinski definition) is 1. The van der Waals surface area contributed by atoms with Crippen molar-refractivity contribution in [2.75, 3.05) is 26.8 Å². The Hall–Kier alpha value is -2.54. The van der Waals surface area contributed by atoms with Gasteiger partial charge in [-0.15, -0.1) is 0 Å². The number of rotatable bonds is 9. The largest absolute Gasteiger partial charge is 0.493 e. The van der Waals surface area contributed by atoms with E-state index in [2.05, 4.69) is 27.0 Å². The molecule has 1 aromatic heterocycles. The van der Waals surface area contributed by atoms with Gasteiger partial charge in [0.15, 0.2) is 17.2 Å². The normalized spacial score (nSPS) is 16.2. The molecular formula is C23H32N4O3. The predicted octanol–water partition coefficient (Wildman–Crippen LogP) is 3.01. The lowest BCUT2D eigenvalue weighted by Crippen LogP contribution is -2.32. The van der Waals surface area contributed by atoms with E-state index in [1.54, 1.807) is 7.11 Å². The highest BCUT2D eigenvalue weighted by atomic mass is 16.5. The van der Waals surface area contributed by atoms with Gasteiger partial charge in [-0.3, -0.25) is 14.4 Å². The van der Waals surface area contributed by atoms with E-state index in [0.717, 1.165) is 55.6 Å². The van der Waals surface area contributed by atoms with Crippen molar-refractivity contribution >= 4 is 5.91 Å². The summed E-state index contributed by atoms with van der Waals surface area (Å²) in [6.45, 7) is 8.56. The molecule has 2 heterocycles. The molecule has 1 aromatic carbocycles. The topological polar surface area (TPSA) is 68.6 Å². The Morgan fingerprint density at radius 3 is 2.80 bits per heavy atom. The molecule has 0 bridgehead atoms. The van der Waals surface area contributed by atoms with E-state index in [0.29, 0.717) is 18.8 Å². The summed E-state index contributed by atoms with van der Waals surface area (Å²) in [6.07, 6.45) is 3.47. The molecule has 7 heteroatoms. The first-order valence-electron chi connectivity index (χ1n) is 11.0.